The van der Waals surface area contributed by atoms with Crippen LogP contribution in [0.2, 0.25) is 0 Å². The number of nitrogens with two attached hydrogens (primary N) is 1. The van der Waals surface area contributed by atoms with Gasteiger partial charge in [-0.05, 0) is 12.8 Å². The molecule has 3 rings (SSSR count). The maximum atomic E-state index is 13.5. The highest BCUT2D eigenvalue weighted by atomic mass is 16.7. The normalized spacial score (nSPS) is 38.5. The van der Waals surface area contributed by atoms with Crippen molar-refractivity contribution in [3.05, 3.63) is 0 Å². The van der Waals surface area contributed by atoms with Gasteiger partial charge in [-0.1, -0.05) is 20.3 Å². The summed E-state index contributed by atoms with van der Waals surface area (Å²) in [6.45, 7) is 1.30. The predicted octanol–water partition coefficient (Wildman–Crippen LogP) is -5.86. The van der Waals surface area contributed by atoms with Gasteiger partial charge in [0.05, 0.1) is 25.9 Å². The molecule has 3 heterocycles. The molecule has 0 spiro atoms. The lowest BCUT2D eigenvalue weighted by atomic mass is 9.94. The molecule has 52 heavy (non-hydrogen) atoms. The first-order valence-corrected chi connectivity index (χ1v) is 17.3. The van der Waals surface area contributed by atoms with Crippen molar-refractivity contribution in [3.63, 3.8) is 0 Å². The number of hydrogen-bond donors (Lipinski definition) is 12. The van der Waals surface area contributed by atoms with E-state index in [0.29, 0.717) is 6.42 Å². The maximum absolute atomic E-state index is 13.5. The van der Waals surface area contributed by atoms with Gasteiger partial charge in [0.2, 0.25) is 17.7 Å². The highest BCUT2D eigenvalue weighted by Gasteiger charge is 2.53. The molecule has 16 atom stereocenters. The zero-order valence-corrected chi connectivity index (χ0v) is 29.1. The first-order valence-electron chi connectivity index (χ1n) is 17.3. The van der Waals surface area contributed by atoms with Crippen molar-refractivity contribution in [1.82, 2.24) is 16.0 Å². The van der Waals surface area contributed by atoms with Crippen LogP contribution in [0.15, 0.2) is 0 Å². The van der Waals surface area contributed by atoms with Crippen molar-refractivity contribution in [2.45, 2.75) is 150 Å². The van der Waals surface area contributed by atoms with Gasteiger partial charge >= 0.3 is 0 Å². The lowest BCUT2D eigenvalue weighted by Crippen LogP contribution is -2.70. The van der Waals surface area contributed by atoms with Crippen LogP contribution in [0, 0.1) is 12.3 Å². The van der Waals surface area contributed by atoms with Gasteiger partial charge < -0.3 is 86.2 Å². The van der Waals surface area contributed by atoms with Crippen molar-refractivity contribution < 1.29 is 78.9 Å². The van der Waals surface area contributed by atoms with E-state index in [0.717, 1.165) is 6.42 Å². The zero-order valence-electron chi connectivity index (χ0n) is 29.1. The number of aliphatic hydroxyl groups is 8. The fourth-order valence-electron chi connectivity index (χ4n) is 6.00. The summed E-state index contributed by atoms with van der Waals surface area (Å²) in [7, 11) is 0. The van der Waals surface area contributed by atoms with Crippen molar-refractivity contribution in [2.24, 2.45) is 5.73 Å². The van der Waals surface area contributed by atoms with Gasteiger partial charge in [0.15, 0.2) is 18.9 Å². The van der Waals surface area contributed by atoms with E-state index in [-0.39, 0.29) is 31.6 Å². The van der Waals surface area contributed by atoms with Gasteiger partial charge in [-0.15, -0.1) is 12.3 Å². The first kappa shape index (κ1) is 43.8. The number of carbonyl (C=O) groups is 3. The number of carbonyl (C=O) groups excluding carboxylic acids is 3. The number of terminal acetylenes is 1. The summed E-state index contributed by atoms with van der Waals surface area (Å²) in [4.78, 5) is 38.6. The van der Waals surface area contributed by atoms with Gasteiger partial charge in [0.1, 0.15) is 73.1 Å². The minimum atomic E-state index is -1.84. The van der Waals surface area contributed by atoms with E-state index >= 15 is 0 Å². The third kappa shape index (κ3) is 11.0. The molecule has 3 aliphatic rings. The Morgan fingerprint density at radius 3 is 2.06 bits per heavy atom. The van der Waals surface area contributed by atoms with Gasteiger partial charge in [-0.25, -0.2) is 0 Å². The molecular weight excluding hydrogens is 696 g/mol. The number of nitrogens with one attached hydrogen (secondary N) is 3. The summed E-state index contributed by atoms with van der Waals surface area (Å²) in [6.07, 6.45) is -12.7. The van der Waals surface area contributed by atoms with E-state index in [9.17, 15) is 55.2 Å². The first-order chi connectivity index (χ1) is 24.7. The van der Waals surface area contributed by atoms with Crippen molar-refractivity contribution in [3.8, 4) is 12.3 Å². The molecule has 0 aromatic carbocycles. The molecule has 3 fully saturated rings. The van der Waals surface area contributed by atoms with Gasteiger partial charge in [0, 0.05) is 19.3 Å². The highest BCUT2D eigenvalue weighted by molar-refractivity contribution is 5.87. The van der Waals surface area contributed by atoms with Gasteiger partial charge in [-0.3, -0.25) is 14.4 Å². The van der Waals surface area contributed by atoms with Crippen molar-refractivity contribution >= 4 is 17.7 Å². The standard InChI is InChI=1S/C32H54N4O16/c1-4-7-9-18(39)34-14(6-3)29(46)36-22-27(45)28(16(12-38)51-31(22)48-13-17-24(42)25(43)20(33)30(47)49-17)52-32-21(35-19(40)10-8-5-2)26(44)23(41)15(11-37)50-32/h2,14-17,20-28,30-32,37-38,41-45,47H,4,6-13,33H2,1,3H3,(H,34,39)(H,35,40)(H,36,46)/t14?,15?,16?,17?,20?,21?,22-,23-,24-,25-,26-,27?,28+,30-,31?,32+/m1/s1. The van der Waals surface area contributed by atoms with Crippen LogP contribution in [-0.2, 0) is 38.1 Å². The molecule has 13 N–H and O–H groups in total. The van der Waals surface area contributed by atoms with Crippen molar-refractivity contribution in [2.75, 3.05) is 19.8 Å². The second-order valence-electron chi connectivity index (χ2n) is 12.9. The Morgan fingerprint density at radius 2 is 1.44 bits per heavy atom. The van der Waals surface area contributed by atoms with Crippen LogP contribution in [0.5, 0.6) is 0 Å². The van der Waals surface area contributed by atoms with Gasteiger partial charge in [0.25, 0.3) is 0 Å². The van der Waals surface area contributed by atoms with Gasteiger partial charge in [-0.2, -0.15) is 0 Å². The Labute approximate surface area is 300 Å². The van der Waals surface area contributed by atoms with E-state index < -0.39 is 130 Å². The molecule has 0 aromatic heterocycles. The second kappa shape index (κ2) is 20.8. The van der Waals surface area contributed by atoms with E-state index in [1.807, 2.05) is 6.92 Å². The smallest absolute Gasteiger partial charge is 0.243 e. The van der Waals surface area contributed by atoms with Crippen molar-refractivity contribution in [1.29, 1.82) is 0 Å². The summed E-state index contributed by atoms with van der Waals surface area (Å²) in [5, 5.41) is 91.8. The summed E-state index contributed by atoms with van der Waals surface area (Å²) in [5.41, 5.74) is 5.64. The summed E-state index contributed by atoms with van der Waals surface area (Å²) in [6, 6.07) is -5.46. The van der Waals surface area contributed by atoms with Crippen LogP contribution in [0.25, 0.3) is 0 Å². The minimum absolute atomic E-state index is 0.0405. The number of ether oxygens (including phenoxy) is 5. The SMILES string of the molecule is C#CCCC(=O)NC1[C@H](O[C@H]2C(CO)OC(OCC3O[C@@H](O)C(N)[C@@H](O)[C@@H]3O)[C@H](NC(=O)C(CC)NC(=O)CCCC)C2O)OC(CO)[C@@H](O)[C@@H]1O. The van der Waals surface area contributed by atoms with E-state index in [1.54, 1.807) is 6.92 Å². The number of hydrogen-bond acceptors (Lipinski definition) is 17. The fraction of sp³-hybridized carbons (Fsp3) is 0.844. The zero-order chi connectivity index (χ0) is 38.7. The monoisotopic (exact) mass is 750 g/mol. The number of rotatable bonds is 17. The molecule has 20 heteroatoms. The molecule has 0 saturated carbocycles. The Bertz CT molecular complexity index is 1200. The Balaban J connectivity index is 1.91. The molecule has 20 nitrogen and oxygen atoms in total. The fourth-order valence-corrected chi connectivity index (χ4v) is 6.00. The molecule has 3 amide bonds. The minimum Gasteiger partial charge on any atom is -0.394 e. The average molecular weight is 751 g/mol. The molecule has 0 bridgehead atoms. The summed E-state index contributed by atoms with van der Waals surface area (Å²) >= 11 is 0. The third-order valence-corrected chi connectivity index (χ3v) is 9.17. The Morgan fingerprint density at radius 1 is 0.808 bits per heavy atom. The molecule has 8 unspecified atom stereocenters. The Hall–Kier alpha value is -2.59. The third-order valence-electron chi connectivity index (χ3n) is 9.17. The molecule has 3 aliphatic heterocycles. The summed E-state index contributed by atoms with van der Waals surface area (Å²) in [5.74, 6) is 0.486. The summed E-state index contributed by atoms with van der Waals surface area (Å²) < 4.78 is 28.7. The maximum Gasteiger partial charge on any atom is 0.243 e. The molecule has 0 aromatic rings. The predicted molar refractivity (Wildman–Crippen MR) is 175 cm³/mol. The lowest BCUT2D eigenvalue weighted by Gasteiger charge is -2.48. The molecule has 3 saturated heterocycles. The van der Waals surface area contributed by atoms with Crippen LogP contribution >= 0.6 is 0 Å². The molecule has 0 aliphatic carbocycles. The van der Waals surface area contributed by atoms with Crippen LogP contribution in [0.4, 0.5) is 0 Å². The van der Waals surface area contributed by atoms with E-state index in [1.165, 1.54) is 0 Å². The topological polar surface area (TPSA) is 321 Å². The van der Waals surface area contributed by atoms with Crippen LogP contribution in [0.3, 0.4) is 0 Å². The number of aliphatic hydroxyl groups excluding tert-OH is 8. The largest absolute Gasteiger partial charge is 0.394 e. The van der Waals surface area contributed by atoms with E-state index in [2.05, 4.69) is 21.9 Å². The molecule has 298 valence electrons. The van der Waals surface area contributed by atoms with Crippen LogP contribution in [-0.4, -0.2) is 176 Å². The number of amides is 3. The highest BCUT2D eigenvalue weighted by Crippen LogP contribution is 2.31. The Kier molecular flexibility index (Phi) is 17.5. The lowest BCUT2D eigenvalue weighted by molar-refractivity contribution is -0.337. The molecular formula is C32H54N4O16. The second-order valence-corrected chi connectivity index (χ2v) is 12.9. The average Bonchev–Trinajstić information content (AvgIpc) is 3.13. The molecule has 0 radical (unpaired) electrons. The quantitative estimate of drug-likeness (QED) is 0.0616. The van der Waals surface area contributed by atoms with Crippen LogP contribution in [0.1, 0.15) is 52.4 Å². The van der Waals surface area contributed by atoms with Crippen LogP contribution < -0.4 is 21.7 Å². The van der Waals surface area contributed by atoms with E-state index in [4.69, 9.17) is 35.8 Å². The number of unbranched alkanes of at least 4 members (excludes halogenated alkanes) is 1.